The lowest BCUT2D eigenvalue weighted by atomic mass is 9.99. The van der Waals surface area contributed by atoms with Crippen molar-refractivity contribution in [2.75, 3.05) is 0 Å². The van der Waals surface area contributed by atoms with Crippen LogP contribution in [0.15, 0.2) is 78.9 Å². The number of fused-ring (bicyclic) bond motifs is 2. The Morgan fingerprint density at radius 3 is 2.33 bits per heavy atom. The smallest absolute Gasteiger partial charge is 0.218 e. The van der Waals surface area contributed by atoms with Gasteiger partial charge in [0.25, 0.3) is 0 Å². The SMILES string of the molecule is Cc1c(-c2cc3ccccc3n2C)cc(C#N)cc1-[n+]1c(C)ccc2ccccc21. The molecule has 3 heteroatoms. The Bertz CT molecular complexity index is 1480. The number of para-hydroxylation sites is 2. The number of pyridine rings is 1. The Morgan fingerprint density at radius 2 is 1.57 bits per heavy atom. The molecule has 0 amide bonds. The van der Waals surface area contributed by atoms with Gasteiger partial charge in [-0.1, -0.05) is 30.3 Å². The van der Waals surface area contributed by atoms with E-state index in [-0.39, 0.29) is 0 Å². The molecule has 5 rings (SSSR count). The van der Waals surface area contributed by atoms with E-state index in [1.165, 1.54) is 16.3 Å². The summed E-state index contributed by atoms with van der Waals surface area (Å²) in [7, 11) is 2.09. The first-order valence-electron chi connectivity index (χ1n) is 10.1. The lowest BCUT2D eigenvalue weighted by Gasteiger charge is -2.12. The van der Waals surface area contributed by atoms with E-state index < -0.39 is 0 Å². The van der Waals surface area contributed by atoms with E-state index in [4.69, 9.17) is 0 Å². The monoisotopic (exact) mass is 388 g/mol. The maximum Gasteiger partial charge on any atom is 0.218 e. The molecule has 0 aliphatic rings. The van der Waals surface area contributed by atoms with Crippen LogP contribution in [0.25, 0.3) is 38.8 Å². The Morgan fingerprint density at radius 1 is 0.833 bits per heavy atom. The van der Waals surface area contributed by atoms with Crippen LogP contribution in [0.4, 0.5) is 0 Å². The van der Waals surface area contributed by atoms with Crippen molar-refractivity contribution in [3.8, 4) is 23.0 Å². The number of benzene rings is 3. The molecule has 30 heavy (non-hydrogen) atoms. The molecule has 0 radical (unpaired) electrons. The minimum atomic E-state index is 0.663. The molecule has 144 valence electrons. The van der Waals surface area contributed by atoms with Crippen molar-refractivity contribution in [2.45, 2.75) is 13.8 Å². The summed E-state index contributed by atoms with van der Waals surface area (Å²) in [6.07, 6.45) is 0. The van der Waals surface area contributed by atoms with Crippen LogP contribution in [0, 0.1) is 25.2 Å². The van der Waals surface area contributed by atoms with Crippen molar-refractivity contribution in [1.29, 1.82) is 5.26 Å². The molecule has 2 aromatic heterocycles. The van der Waals surface area contributed by atoms with E-state index in [1.54, 1.807) is 0 Å². The summed E-state index contributed by atoms with van der Waals surface area (Å²) in [4.78, 5) is 0. The fourth-order valence-corrected chi connectivity index (χ4v) is 4.44. The first kappa shape index (κ1) is 18.1. The first-order chi connectivity index (χ1) is 14.6. The third-order valence-corrected chi connectivity index (χ3v) is 6.01. The summed E-state index contributed by atoms with van der Waals surface area (Å²) in [6, 6.07) is 29.6. The Balaban J connectivity index is 1.86. The molecule has 3 aromatic carbocycles. The van der Waals surface area contributed by atoms with Gasteiger partial charge in [0.15, 0.2) is 5.69 Å². The summed E-state index contributed by atoms with van der Waals surface area (Å²) in [6.45, 7) is 4.26. The fraction of sp³-hybridized carbons (Fsp3) is 0.111. The molecule has 0 atom stereocenters. The average molecular weight is 388 g/mol. The Kier molecular flexibility index (Phi) is 4.15. The van der Waals surface area contributed by atoms with Crippen LogP contribution in [0.5, 0.6) is 0 Å². The van der Waals surface area contributed by atoms with Gasteiger partial charge < -0.3 is 4.57 Å². The number of hydrogen-bond acceptors (Lipinski definition) is 1. The van der Waals surface area contributed by atoms with Crippen LogP contribution < -0.4 is 4.57 Å². The summed E-state index contributed by atoms with van der Waals surface area (Å²) >= 11 is 0. The highest BCUT2D eigenvalue weighted by Crippen LogP contribution is 2.32. The molecule has 0 fully saturated rings. The predicted octanol–water partition coefficient (Wildman–Crippen LogP) is 5.76. The van der Waals surface area contributed by atoms with Crippen molar-refractivity contribution >= 4 is 21.8 Å². The molecule has 0 spiro atoms. The van der Waals surface area contributed by atoms with Gasteiger partial charge in [-0.15, -0.1) is 0 Å². The number of aromatic nitrogens is 2. The summed E-state index contributed by atoms with van der Waals surface area (Å²) < 4.78 is 4.47. The third kappa shape index (κ3) is 2.69. The van der Waals surface area contributed by atoms with Crippen molar-refractivity contribution in [3.63, 3.8) is 0 Å². The van der Waals surface area contributed by atoms with E-state index in [9.17, 15) is 5.26 Å². The number of nitriles is 1. The maximum absolute atomic E-state index is 9.80. The Labute approximate surface area is 176 Å². The minimum absolute atomic E-state index is 0.663. The highest BCUT2D eigenvalue weighted by molar-refractivity contribution is 5.88. The van der Waals surface area contributed by atoms with E-state index in [0.717, 1.165) is 33.7 Å². The zero-order valence-corrected chi connectivity index (χ0v) is 17.3. The molecule has 2 heterocycles. The molecular weight excluding hydrogens is 366 g/mol. The Hall–Kier alpha value is -3.90. The quantitative estimate of drug-likeness (QED) is 0.354. The van der Waals surface area contributed by atoms with Gasteiger partial charge in [-0.3, -0.25) is 0 Å². The van der Waals surface area contributed by atoms with Crippen LogP contribution in [-0.2, 0) is 7.05 Å². The normalized spacial score (nSPS) is 11.1. The highest BCUT2D eigenvalue weighted by Gasteiger charge is 2.23. The van der Waals surface area contributed by atoms with Gasteiger partial charge in [-0.05, 0) is 37.3 Å². The van der Waals surface area contributed by atoms with E-state index >= 15 is 0 Å². The molecule has 3 nitrogen and oxygen atoms in total. The lowest BCUT2D eigenvalue weighted by molar-refractivity contribution is -0.574. The van der Waals surface area contributed by atoms with Gasteiger partial charge >= 0.3 is 0 Å². The van der Waals surface area contributed by atoms with Crippen LogP contribution in [-0.4, -0.2) is 4.57 Å². The van der Waals surface area contributed by atoms with Crippen LogP contribution in [0.1, 0.15) is 16.8 Å². The zero-order valence-electron chi connectivity index (χ0n) is 17.3. The predicted molar refractivity (Wildman–Crippen MR) is 122 cm³/mol. The van der Waals surface area contributed by atoms with E-state index in [2.05, 4.69) is 103 Å². The topological polar surface area (TPSA) is 32.6 Å². The van der Waals surface area contributed by atoms with Crippen molar-refractivity contribution in [2.24, 2.45) is 7.05 Å². The van der Waals surface area contributed by atoms with Crippen molar-refractivity contribution < 1.29 is 4.57 Å². The fourth-order valence-electron chi connectivity index (χ4n) is 4.44. The average Bonchev–Trinajstić information content (AvgIpc) is 3.11. The lowest BCUT2D eigenvalue weighted by Crippen LogP contribution is -2.36. The largest absolute Gasteiger partial charge is 0.344 e. The summed E-state index contributed by atoms with van der Waals surface area (Å²) in [5.74, 6) is 0. The van der Waals surface area contributed by atoms with Crippen LogP contribution in [0.3, 0.4) is 0 Å². The molecule has 0 N–H and O–H groups in total. The third-order valence-electron chi connectivity index (χ3n) is 6.01. The second-order valence-electron chi connectivity index (χ2n) is 7.80. The first-order valence-corrected chi connectivity index (χ1v) is 10.1. The van der Waals surface area contributed by atoms with Crippen molar-refractivity contribution in [3.05, 3.63) is 95.7 Å². The molecule has 0 saturated carbocycles. The summed E-state index contributed by atoms with van der Waals surface area (Å²) in [5.41, 5.74) is 8.52. The standard InChI is InChI=1S/C27H22N3/c1-18-12-13-21-8-4-7-11-25(21)30(18)26-15-20(17-28)14-23(19(26)2)27-16-22-9-5-6-10-24(22)29(27)3/h4-16H,1-3H3/q+1. The molecular formula is C27H22N3+. The number of nitrogens with zero attached hydrogens (tertiary/aromatic N) is 3. The maximum atomic E-state index is 9.80. The van der Waals surface area contributed by atoms with E-state index in [0.29, 0.717) is 5.56 Å². The van der Waals surface area contributed by atoms with Gasteiger partial charge in [-0.2, -0.15) is 9.83 Å². The van der Waals surface area contributed by atoms with E-state index in [1.807, 2.05) is 12.1 Å². The zero-order chi connectivity index (χ0) is 20.8. The van der Waals surface area contributed by atoms with Crippen LogP contribution in [0.2, 0.25) is 0 Å². The van der Waals surface area contributed by atoms with Gasteiger partial charge in [-0.25, -0.2) is 0 Å². The number of rotatable bonds is 2. The molecule has 0 unspecified atom stereocenters. The number of aryl methyl sites for hydroxylation is 2. The van der Waals surface area contributed by atoms with Gasteiger partial charge in [0, 0.05) is 65.3 Å². The molecule has 0 bridgehead atoms. The molecule has 0 aliphatic heterocycles. The van der Waals surface area contributed by atoms with Gasteiger partial charge in [0.05, 0.1) is 11.6 Å². The second-order valence-corrected chi connectivity index (χ2v) is 7.80. The highest BCUT2D eigenvalue weighted by atomic mass is 15.0. The molecule has 0 saturated heterocycles. The number of hydrogen-bond donors (Lipinski definition) is 0. The molecule has 5 aromatic rings. The summed E-state index contributed by atoms with van der Waals surface area (Å²) in [5, 5.41) is 12.2. The minimum Gasteiger partial charge on any atom is -0.344 e. The van der Waals surface area contributed by atoms with Gasteiger partial charge in [0.2, 0.25) is 11.2 Å². The molecule has 0 aliphatic carbocycles. The second kappa shape index (κ2) is 6.86. The van der Waals surface area contributed by atoms with Crippen molar-refractivity contribution in [1.82, 2.24) is 4.57 Å². The van der Waals surface area contributed by atoms with Gasteiger partial charge in [0.1, 0.15) is 0 Å². The van der Waals surface area contributed by atoms with Crippen LogP contribution >= 0.6 is 0 Å².